The van der Waals surface area contributed by atoms with Gasteiger partial charge in [-0.1, -0.05) is 49.7 Å². The minimum Gasteiger partial charge on any atom is -0.483 e. The Labute approximate surface area is 204 Å². The van der Waals surface area contributed by atoms with E-state index in [9.17, 15) is 9.59 Å². The van der Waals surface area contributed by atoms with Crippen LogP contribution in [0.1, 0.15) is 58.6 Å². The summed E-state index contributed by atoms with van der Waals surface area (Å²) < 4.78 is 6.60. The SMILES string of the molecule is CC(C)c1ccc(OCC(=O)N(Cc2ccccc2Cl)[C@H](C)C(=O)NC(C)(C)C)c(Br)c1. The van der Waals surface area contributed by atoms with Crippen LogP contribution in [0.25, 0.3) is 0 Å². The maximum Gasteiger partial charge on any atom is 0.261 e. The molecule has 32 heavy (non-hydrogen) atoms. The Bertz CT molecular complexity index is 956. The zero-order valence-electron chi connectivity index (χ0n) is 19.5. The van der Waals surface area contributed by atoms with Crippen molar-refractivity contribution >= 4 is 39.3 Å². The van der Waals surface area contributed by atoms with E-state index < -0.39 is 11.6 Å². The Hall–Kier alpha value is -2.05. The van der Waals surface area contributed by atoms with Crippen molar-refractivity contribution in [3.63, 3.8) is 0 Å². The molecule has 2 rings (SSSR count). The molecule has 0 bridgehead atoms. The molecule has 0 spiro atoms. The molecule has 0 heterocycles. The summed E-state index contributed by atoms with van der Waals surface area (Å²) in [6.07, 6.45) is 0. The summed E-state index contributed by atoms with van der Waals surface area (Å²) in [6, 6.07) is 12.4. The average Bonchev–Trinajstić information content (AvgIpc) is 2.70. The molecule has 0 unspecified atom stereocenters. The summed E-state index contributed by atoms with van der Waals surface area (Å²) in [5, 5.41) is 3.48. The number of amides is 2. The molecule has 0 saturated carbocycles. The second-order valence-corrected chi connectivity index (χ2v) is 10.4. The Morgan fingerprint density at radius 3 is 2.34 bits per heavy atom. The summed E-state index contributed by atoms with van der Waals surface area (Å²) in [4.78, 5) is 27.5. The van der Waals surface area contributed by atoms with E-state index in [4.69, 9.17) is 16.3 Å². The lowest BCUT2D eigenvalue weighted by atomic mass is 10.0. The number of nitrogens with zero attached hydrogens (tertiary/aromatic N) is 1. The van der Waals surface area contributed by atoms with Crippen LogP contribution in [-0.2, 0) is 16.1 Å². The van der Waals surface area contributed by atoms with Crippen molar-refractivity contribution < 1.29 is 14.3 Å². The molecule has 2 amide bonds. The predicted molar refractivity (Wildman–Crippen MR) is 133 cm³/mol. The topological polar surface area (TPSA) is 58.6 Å². The lowest BCUT2D eigenvalue weighted by Crippen LogP contribution is -2.53. The third-order valence-electron chi connectivity index (χ3n) is 4.94. The van der Waals surface area contributed by atoms with E-state index in [1.54, 1.807) is 13.0 Å². The van der Waals surface area contributed by atoms with Crippen LogP contribution >= 0.6 is 27.5 Å². The fourth-order valence-electron chi connectivity index (χ4n) is 3.08. The molecule has 0 aliphatic carbocycles. The minimum atomic E-state index is -0.701. The zero-order valence-corrected chi connectivity index (χ0v) is 21.9. The highest BCUT2D eigenvalue weighted by Gasteiger charge is 2.29. The Balaban J connectivity index is 2.21. The zero-order chi connectivity index (χ0) is 24.1. The normalized spacial score (nSPS) is 12.4. The minimum absolute atomic E-state index is 0.197. The second-order valence-electron chi connectivity index (χ2n) is 9.16. The van der Waals surface area contributed by atoms with Crippen molar-refractivity contribution in [3.05, 3.63) is 63.1 Å². The van der Waals surface area contributed by atoms with Gasteiger partial charge in [0, 0.05) is 17.1 Å². The van der Waals surface area contributed by atoms with E-state index in [1.807, 2.05) is 57.2 Å². The van der Waals surface area contributed by atoms with Gasteiger partial charge in [-0.3, -0.25) is 9.59 Å². The standard InChI is InChI=1S/C25H32BrClN2O3/c1-16(2)18-11-12-22(20(26)13-18)32-15-23(30)29(14-19-9-7-8-10-21(19)27)17(3)24(31)28-25(4,5)6/h7-13,16-17H,14-15H2,1-6H3,(H,28,31)/t17-/m1/s1. The lowest BCUT2D eigenvalue weighted by molar-refractivity contribution is -0.142. The first-order valence-electron chi connectivity index (χ1n) is 10.7. The van der Waals surface area contributed by atoms with Crippen molar-refractivity contribution in [2.75, 3.05) is 6.61 Å². The van der Waals surface area contributed by atoms with Gasteiger partial charge in [-0.15, -0.1) is 0 Å². The van der Waals surface area contributed by atoms with Gasteiger partial charge in [0.25, 0.3) is 5.91 Å². The van der Waals surface area contributed by atoms with Crippen LogP contribution in [0.3, 0.4) is 0 Å². The maximum atomic E-state index is 13.2. The van der Waals surface area contributed by atoms with Gasteiger partial charge in [0.15, 0.2) is 6.61 Å². The molecule has 2 aromatic rings. The molecule has 1 N–H and O–H groups in total. The van der Waals surface area contributed by atoms with E-state index in [1.165, 1.54) is 10.5 Å². The number of hydrogen-bond donors (Lipinski definition) is 1. The maximum absolute atomic E-state index is 13.2. The Morgan fingerprint density at radius 1 is 1.12 bits per heavy atom. The summed E-state index contributed by atoms with van der Waals surface area (Å²) in [5.74, 6) is 0.421. The van der Waals surface area contributed by atoms with Gasteiger partial charge in [-0.25, -0.2) is 0 Å². The quantitative estimate of drug-likeness (QED) is 0.466. The van der Waals surface area contributed by atoms with Gasteiger partial charge in [0.05, 0.1) is 4.47 Å². The van der Waals surface area contributed by atoms with Crippen LogP contribution in [-0.4, -0.2) is 34.9 Å². The van der Waals surface area contributed by atoms with Crippen molar-refractivity contribution in [1.82, 2.24) is 10.2 Å². The molecule has 5 nitrogen and oxygen atoms in total. The predicted octanol–water partition coefficient (Wildman–Crippen LogP) is 5.94. The molecular formula is C25H32BrClN2O3. The van der Waals surface area contributed by atoms with Gasteiger partial charge >= 0.3 is 0 Å². The van der Waals surface area contributed by atoms with Crippen molar-refractivity contribution in [2.45, 2.75) is 65.6 Å². The third-order valence-corrected chi connectivity index (χ3v) is 5.93. The number of ether oxygens (including phenoxy) is 1. The van der Waals surface area contributed by atoms with Crippen molar-refractivity contribution in [3.8, 4) is 5.75 Å². The first-order valence-corrected chi connectivity index (χ1v) is 11.8. The largest absolute Gasteiger partial charge is 0.483 e. The van der Waals surface area contributed by atoms with E-state index in [0.29, 0.717) is 16.7 Å². The Kier molecular flexibility index (Phi) is 9.17. The number of carbonyl (C=O) groups excluding carboxylic acids is 2. The summed E-state index contributed by atoms with van der Waals surface area (Å²) >= 11 is 9.84. The average molecular weight is 524 g/mol. The van der Waals surface area contributed by atoms with E-state index in [0.717, 1.165) is 10.0 Å². The first kappa shape index (κ1) is 26.2. The van der Waals surface area contributed by atoms with Crippen LogP contribution in [0.2, 0.25) is 5.02 Å². The lowest BCUT2D eigenvalue weighted by Gasteiger charge is -2.31. The van der Waals surface area contributed by atoms with Crippen LogP contribution in [0.5, 0.6) is 5.75 Å². The van der Waals surface area contributed by atoms with Crippen LogP contribution in [0.4, 0.5) is 0 Å². The molecule has 1 atom stereocenters. The van der Waals surface area contributed by atoms with Gasteiger partial charge < -0.3 is 15.0 Å². The van der Waals surface area contributed by atoms with Crippen LogP contribution in [0, 0.1) is 0 Å². The number of rotatable bonds is 8. The van der Waals surface area contributed by atoms with Crippen LogP contribution < -0.4 is 10.1 Å². The highest BCUT2D eigenvalue weighted by Crippen LogP contribution is 2.29. The molecule has 0 saturated heterocycles. The summed E-state index contributed by atoms with van der Waals surface area (Å²) in [7, 11) is 0. The van der Waals surface area contributed by atoms with E-state index >= 15 is 0 Å². The van der Waals surface area contributed by atoms with Gasteiger partial charge in [-0.2, -0.15) is 0 Å². The summed E-state index contributed by atoms with van der Waals surface area (Å²) in [5.41, 5.74) is 1.52. The molecule has 7 heteroatoms. The number of carbonyl (C=O) groups is 2. The first-order chi connectivity index (χ1) is 14.9. The molecule has 0 fully saturated rings. The van der Waals surface area contributed by atoms with E-state index in [-0.39, 0.29) is 25.0 Å². The number of halogens is 2. The second kappa shape index (κ2) is 11.2. The molecule has 0 radical (unpaired) electrons. The molecule has 0 aliphatic rings. The third kappa shape index (κ3) is 7.52. The van der Waals surface area contributed by atoms with Crippen molar-refractivity contribution in [1.29, 1.82) is 0 Å². The highest BCUT2D eigenvalue weighted by atomic mass is 79.9. The Morgan fingerprint density at radius 2 is 1.78 bits per heavy atom. The van der Waals surface area contributed by atoms with Crippen molar-refractivity contribution in [2.24, 2.45) is 0 Å². The fraction of sp³-hybridized carbons (Fsp3) is 0.440. The summed E-state index contributed by atoms with van der Waals surface area (Å²) in [6.45, 7) is 11.7. The molecular weight excluding hydrogens is 492 g/mol. The highest BCUT2D eigenvalue weighted by molar-refractivity contribution is 9.10. The molecule has 0 aliphatic heterocycles. The number of benzene rings is 2. The fourth-order valence-corrected chi connectivity index (χ4v) is 3.79. The van der Waals surface area contributed by atoms with Gasteiger partial charge in [-0.05, 0) is 78.9 Å². The molecule has 174 valence electrons. The van der Waals surface area contributed by atoms with Crippen LogP contribution in [0.15, 0.2) is 46.9 Å². The van der Waals surface area contributed by atoms with E-state index in [2.05, 4.69) is 35.1 Å². The molecule has 0 aromatic heterocycles. The smallest absolute Gasteiger partial charge is 0.261 e. The van der Waals surface area contributed by atoms with Gasteiger partial charge in [0.1, 0.15) is 11.8 Å². The number of nitrogens with one attached hydrogen (secondary N) is 1. The monoisotopic (exact) mass is 522 g/mol. The number of hydrogen-bond acceptors (Lipinski definition) is 3. The molecule has 2 aromatic carbocycles. The van der Waals surface area contributed by atoms with Gasteiger partial charge in [0.2, 0.25) is 5.91 Å².